The van der Waals surface area contributed by atoms with Gasteiger partial charge in [-0.1, -0.05) is 0 Å². The van der Waals surface area contributed by atoms with Crippen molar-refractivity contribution in [1.82, 2.24) is 5.32 Å². The number of ether oxygens (including phenoxy) is 1. The number of hydrogen-bond donors (Lipinski definition) is 4. The lowest BCUT2D eigenvalue weighted by atomic mass is 9.77. The van der Waals surface area contributed by atoms with Crippen LogP contribution in [0.1, 0.15) is 61.6 Å². The molecule has 0 aliphatic heterocycles. The first-order chi connectivity index (χ1) is 16.3. The third-order valence-electron chi connectivity index (χ3n) is 6.74. The molecule has 1 aromatic rings. The van der Waals surface area contributed by atoms with Crippen molar-refractivity contribution in [2.45, 2.75) is 58.0 Å². The first kappa shape index (κ1) is 23.7. The van der Waals surface area contributed by atoms with Crippen LogP contribution >= 0.6 is 0 Å². The van der Waals surface area contributed by atoms with Crippen molar-refractivity contribution in [3.8, 4) is 6.07 Å². The van der Waals surface area contributed by atoms with Crippen molar-refractivity contribution >= 4 is 11.6 Å². The van der Waals surface area contributed by atoms with Crippen molar-refractivity contribution in [3.05, 3.63) is 69.8 Å². The Balaban J connectivity index is 1.49. The summed E-state index contributed by atoms with van der Waals surface area (Å²) in [7, 11) is 0. The average Bonchev–Trinajstić information content (AvgIpc) is 3.66. The van der Waals surface area contributed by atoms with E-state index >= 15 is 0 Å². The third kappa shape index (κ3) is 5.20. The van der Waals surface area contributed by atoms with Gasteiger partial charge in [-0.2, -0.15) is 0 Å². The molecule has 1 amide bonds. The molecule has 0 bridgehead atoms. The van der Waals surface area contributed by atoms with E-state index in [1.807, 2.05) is 6.92 Å². The Labute approximate surface area is 199 Å². The Morgan fingerprint density at radius 3 is 2.74 bits per heavy atom. The van der Waals surface area contributed by atoms with E-state index < -0.39 is 11.5 Å². The van der Waals surface area contributed by atoms with E-state index in [0.29, 0.717) is 35.2 Å². The van der Waals surface area contributed by atoms with E-state index in [9.17, 15) is 15.1 Å². The highest BCUT2D eigenvalue weighted by atomic mass is 16.5. The molecule has 178 valence electrons. The summed E-state index contributed by atoms with van der Waals surface area (Å²) >= 11 is 0. The number of carbonyl (C=O) groups excluding carboxylic acids is 1. The lowest BCUT2D eigenvalue weighted by Crippen LogP contribution is -2.44. The second-order valence-corrected chi connectivity index (χ2v) is 9.23. The summed E-state index contributed by atoms with van der Waals surface area (Å²) < 4.78 is 6.45. The summed E-state index contributed by atoms with van der Waals surface area (Å²) in [5, 5.41) is 32.0. The van der Waals surface area contributed by atoms with Gasteiger partial charge in [0.1, 0.15) is 5.76 Å². The Morgan fingerprint density at radius 1 is 1.32 bits per heavy atom. The molecule has 0 spiro atoms. The Kier molecular flexibility index (Phi) is 6.85. The predicted molar refractivity (Wildman–Crippen MR) is 127 cm³/mol. The maximum atomic E-state index is 12.8. The van der Waals surface area contributed by atoms with Gasteiger partial charge in [0.05, 0.1) is 35.1 Å². The zero-order valence-corrected chi connectivity index (χ0v) is 19.7. The summed E-state index contributed by atoms with van der Waals surface area (Å²) in [6.45, 7) is 3.89. The molecule has 4 N–H and O–H groups in total. The highest BCUT2D eigenvalue weighted by molar-refractivity contribution is 6.10. The van der Waals surface area contributed by atoms with Crippen LogP contribution in [0.4, 0.5) is 0 Å². The van der Waals surface area contributed by atoms with Crippen molar-refractivity contribution < 1.29 is 24.6 Å². The first-order valence-electron chi connectivity index (χ1n) is 11.9. The van der Waals surface area contributed by atoms with Crippen molar-refractivity contribution in [2.24, 2.45) is 11.8 Å². The number of aromatic nitrogens is 1. The zero-order chi connectivity index (χ0) is 24.3. The number of aliphatic hydroxyl groups is 1. The van der Waals surface area contributed by atoms with E-state index in [0.717, 1.165) is 43.3 Å². The molecule has 1 heterocycles. The largest absolute Gasteiger partial charge is 0.492 e. The number of allylic oxidation sites excluding steroid dienone is 3. The summed E-state index contributed by atoms with van der Waals surface area (Å²) in [6.07, 6.45) is 10.3. The molecule has 3 aliphatic rings. The third-order valence-corrected chi connectivity index (χ3v) is 6.74. The molecule has 0 radical (unpaired) electrons. The van der Waals surface area contributed by atoms with Crippen LogP contribution in [0.25, 0.3) is 4.85 Å². The number of nitrogens with zero attached hydrogens (tertiary/aromatic N) is 2. The molecular weight excluding hydrogens is 432 g/mol. The lowest BCUT2D eigenvalue weighted by molar-refractivity contribution is -0.909. The Morgan fingerprint density at radius 2 is 2.06 bits per heavy atom. The molecule has 0 unspecified atom stereocenters. The van der Waals surface area contributed by atoms with Gasteiger partial charge >= 0.3 is 17.8 Å². The summed E-state index contributed by atoms with van der Waals surface area (Å²) in [4.78, 5) is 17.1. The average molecular weight is 465 g/mol. The van der Waals surface area contributed by atoms with Gasteiger partial charge in [0.2, 0.25) is 5.69 Å². The van der Waals surface area contributed by atoms with Gasteiger partial charge in [-0.15, -0.1) is 0 Å². The van der Waals surface area contributed by atoms with Crippen molar-refractivity contribution in [2.75, 3.05) is 6.61 Å². The number of carbonyl (C=O) groups is 1. The monoisotopic (exact) mass is 464 g/mol. The standard InChI is InChI=1S/C26H31N4O4/c1-3-34-24-14-21(27)19(13-22(24)29-25(31)23-6-4-5-17(2)30(23)33)16-28-15-18-9-11-26(32,12-10-18)20-7-8-20/h4-6,13-14,16,18,20,27,32H,3,7-12H2,1-2H3,(H-,29,31,33)/q+1/p+1/b19-16-,27-21?. The molecule has 1 aromatic heterocycles. The van der Waals surface area contributed by atoms with E-state index in [1.54, 1.807) is 37.4 Å². The molecule has 3 aliphatic carbocycles. The second-order valence-electron chi connectivity index (χ2n) is 9.23. The fourth-order valence-electron chi connectivity index (χ4n) is 4.53. The highest BCUT2D eigenvalue weighted by Crippen LogP contribution is 2.48. The van der Waals surface area contributed by atoms with Crippen LogP contribution in [0.3, 0.4) is 0 Å². The van der Waals surface area contributed by atoms with Crippen molar-refractivity contribution in [3.63, 3.8) is 0 Å². The smallest absolute Gasteiger partial charge is 0.325 e. The molecule has 0 atom stereocenters. The number of rotatable bonds is 5. The molecular formula is C26H32N4O4+2. The molecule has 2 saturated carbocycles. The molecule has 0 saturated heterocycles. The maximum Gasteiger partial charge on any atom is 0.325 e. The minimum atomic E-state index is -0.503. The zero-order valence-electron chi connectivity index (χ0n) is 19.7. The van der Waals surface area contributed by atoms with Crippen LogP contribution in [0.15, 0.2) is 53.6 Å². The van der Waals surface area contributed by atoms with Gasteiger partial charge in [0.25, 0.3) is 6.07 Å². The highest BCUT2D eigenvalue weighted by Gasteiger charge is 2.46. The van der Waals surface area contributed by atoms with Crippen molar-refractivity contribution in [1.29, 1.82) is 5.41 Å². The lowest BCUT2D eigenvalue weighted by Gasteiger charge is -2.33. The van der Waals surface area contributed by atoms with Gasteiger partial charge in [-0.3, -0.25) is 15.4 Å². The molecule has 34 heavy (non-hydrogen) atoms. The molecule has 4 rings (SSSR count). The molecule has 2 fully saturated rings. The van der Waals surface area contributed by atoms with Gasteiger partial charge in [-0.05, 0) is 68.4 Å². The number of amides is 1. The topological polar surface area (TPSA) is 111 Å². The first-order valence-corrected chi connectivity index (χ1v) is 11.9. The van der Waals surface area contributed by atoms with Crippen LogP contribution in [0.2, 0.25) is 0 Å². The van der Waals surface area contributed by atoms with E-state index in [-0.39, 0.29) is 17.3 Å². The number of hydrogen-bond acceptors (Lipinski definition) is 5. The number of nitrogens with one attached hydrogen (secondary N) is 2. The quantitative estimate of drug-likeness (QED) is 0.394. The van der Waals surface area contributed by atoms with E-state index in [4.69, 9.17) is 10.1 Å². The SMILES string of the molecule is CCOC1=CC(=N)/C(=C\[N+]#CC2CCC(O)(C3CC3)CC2)C=C1NC(=O)c1cccc(C)[n+]1O. The van der Waals surface area contributed by atoms with E-state index in [1.165, 1.54) is 6.07 Å². The van der Waals surface area contributed by atoms with Gasteiger partial charge in [0, 0.05) is 29.9 Å². The van der Waals surface area contributed by atoms with Crippen LogP contribution in [0.5, 0.6) is 0 Å². The van der Waals surface area contributed by atoms with Crippen LogP contribution in [-0.4, -0.2) is 34.1 Å². The summed E-state index contributed by atoms with van der Waals surface area (Å²) in [5.41, 5.74) is 1.22. The summed E-state index contributed by atoms with van der Waals surface area (Å²) in [6, 6.07) is 8.05. The summed E-state index contributed by atoms with van der Waals surface area (Å²) in [5.74, 6) is 0.527. The predicted octanol–water partition coefficient (Wildman–Crippen LogP) is 3.64. The van der Waals surface area contributed by atoms with Gasteiger partial charge in [-0.25, -0.2) is 0 Å². The Bertz CT molecular complexity index is 1140. The molecule has 8 heteroatoms. The number of pyridine rings is 1. The minimum Gasteiger partial charge on any atom is -0.492 e. The van der Waals surface area contributed by atoms with E-state index in [2.05, 4.69) is 16.2 Å². The minimum absolute atomic E-state index is 0.0812. The van der Waals surface area contributed by atoms with Gasteiger partial charge < -0.3 is 15.2 Å². The number of aryl methyl sites for hydroxylation is 1. The molecule has 8 nitrogen and oxygen atoms in total. The maximum absolute atomic E-state index is 12.8. The Hall–Kier alpha value is -3.44. The normalized spacial score (nSPS) is 25.7. The second kappa shape index (κ2) is 9.82. The van der Waals surface area contributed by atoms with Crippen LogP contribution in [-0.2, 0) is 4.74 Å². The van der Waals surface area contributed by atoms with Gasteiger partial charge in [0.15, 0.2) is 0 Å². The van der Waals surface area contributed by atoms with Crippen LogP contribution < -0.4 is 10.0 Å². The fraction of sp³-hybridized carbons (Fsp3) is 0.462. The molecule has 0 aromatic carbocycles. The van der Waals surface area contributed by atoms with Crippen LogP contribution in [0, 0.1) is 30.2 Å². The fourth-order valence-corrected chi connectivity index (χ4v) is 4.53.